The molecule has 3 rings (SSSR count). The quantitative estimate of drug-likeness (QED) is 0.142. The molecule has 0 unspecified atom stereocenters. The minimum atomic E-state index is -3.17. The van der Waals surface area contributed by atoms with Crippen LogP contribution in [0.1, 0.15) is 22.3 Å². The molecule has 0 saturated carbocycles. The minimum absolute atomic E-state index is 0.0479. The van der Waals surface area contributed by atoms with E-state index < -0.39 is 48.8 Å². The smallest absolute Gasteiger partial charge is 0.430 e. The van der Waals surface area contributed by atoms with E-state index in [4.69, 9.17) is 20.9 Å². The Hall–Kier alpha value is -3.24. The summed E-state index contributed by atoms with van der Waals surface area (Å²) in [5.41, 5.74) is 14.5. The summed E-state index contributed by atoms with van der Waals surface area (Å²) in [4.78, 5) is 48.3. The number of likely N-dealkylation sites (tertiary alicyclic amines) is 1. The number of nitrogens with two attached hydrogens (primary N) is 2. The zero-order valence-corrected chi connectivity index (χ0v) is 17.6. The number of nitrogens with one attached hydrogen (secondary N) is 1. The first kappa shape index (κ1) is 24.4. The van der Waals surface area contributed by atoms with Gasteiger partial charge in [0, 0.05) is 0 Å². The van der Waals surface area contributed by atoms with E-state index in [-0.39, 0.29) is 49.3 Å². The number of carbonyl (C=O) groups excluding carboxylic acids is 3. The fourth-order valence-corrected chi connectivity index (χ4v) is 3.56. The van der Waals surface area contributed by atoms with Gasteiger partial charge in [0.1, 0.15) is 17.4 Å². The van der Waals surface area contributed by atoms with Gasteiger partial charge in [0.2, 0.25) is 5.91 Å². The van der Waals surface area contributed by atoms with Gasteiger partial charge in [-0.15, -0.1) is 0 Å². The second kappa shape index (κ2) is 9.32. The van der Waals surface area contributed by atoms with Crippen molar-refractivity contribution in [3.05, 3.63) is 23.3 Å². The van der Waals surface area contributed by atoms with Crippen molar-refractivity contribution in [3.63, 3.8) is 0 Å². The summed E-state index contributed by atoms with van der Waals surface area (Å²) in [5, 5.41) is 31.4. The summed E-state index contributed by atoms with van der Waals surface area (Å²) < 4.78 is 10.8. The predicted molar refractivity (Wildman–Crippen MR) is 110 cm³/mol. The maximum atomic E-state index is 12.4. The first-order valence-electron chi connectivity index (χ1n) is 10.2. The third-order valence-corrected chi connectivity index (χ3v) is 5.31. The Morgan fingerprint density at radius 3 is 2.55 bits per heavy atom. The molecule has 1 saturated heterocycles. The van der Waals surface area contributed by atoms with Crippen LogP contribution >= 0.6 is 0 Å². The number of hydrogen-bond acceptors (Lipinski definition) is 10. The topological polar surface area (TPSA) is 242 Å². The number of carbonyl (C=O) groups is 4. The number of carboxylic acid groups (broad SMARTS) is 1. The minimum Gasteiger partial charge on any atom is -0.669 e. The van der Waals surface area contributed by atoms with Crippen molar-refractivity contribution in [2.75, 3.05) is 13.1 Å². The molecule has 2 atom stereocenters. The highest BCUT2D eigenvalue weighted by Crippen LogP contribution is 2.38. The van der Waals surface area contributed by atoms with Crippen molar-refractivity contribution in [1.82, 2.24) is 10.2 Å². The Kier molecular flexibility index (Phi) is 6.90. The highest BCUT2D eigenvalue weighted by Gasteiger charge is 2.38. The summed E-state index contributed by atoms with van der Waals surface area (Å²) in [6.07, 6.45) is -2.08. The molecule has 0 radical (unpaired) electrons. The molecule has 0 aromatic heterocycles. The molecule has 2 heterocycles. The van der Waals surface area contributed by atoms with Crippen LogP contribution in [0.3, 0.4) is 0 Å². The molecule has 2 aliphatic heterocycles. The molecule has 0 aliphatic carbocycles. The Labute approximate surface area is 187 Å². The molecule has 1 fully saturated rings. The number of rotatable bonds is 8. The average molecular weight is 467 g/mol. The molecule has 180 valence electrons. The van der Waals surface area contributed by atoms with Gasteiger partial charge in [-0.1, -0.05) is 12.4 Å². The highest BCUT2D eigenvalue weighted by atomic mass is 16.6. The Morgan fingerprint density at radius 1 is 1.27 bits per heavy atom. The van der Waals surface area contributed by atoms with Crippen molar-refractivity contribution >= 4 is 30.4 Å². The van der Waals surface area contributed by atoms with Gasteiger partial charge in [-0.2, -0.15) is 0 Å². The van der Waals surface area contributed by atoms with Crippen LogP contribution in [0.15, 0.2) is 12.1 Å². The van der Waals surface area contributed by atoms with Gasteiger partial charge in [0.05, 0.1) is 31.3 Å². The van der Waals surface area contributed by atoms with Crippen LogP contribution in [0.25, 0.3) is 0 Å². The Morgan fingerprint density at radius 2 is 1.94 bits per heavy atom. The number of fused-ring (bicyclic) bond motifs is 1. The fourth-order valence-electron chi connectivity index (χ4n) is 3.56. The van der Waals surface area contributed by atoms with Gasteiger partial charge < -0.3 is 46.2 Å². The lowest BCUT2D eigenvalue weighted by atomic mass is 9.70. The van der Waals surface area contributed by atoms with E-state index in [1.807, 2.05) is 0 Å². The molecule has 33 heavy (non-hydrogen) atoms. The molecular weight excluding hydrogens is 441 g/mol. The normalized spacial score (nSPS) is 18.8. The molecule has 0 spiro atoms. The molecule has 1 aromatic carbocycles. The SMILES string of the molecule is N[C@H](CC([NH3+])=O)C(=O)N[C@H](N)C(=O)N1CC(Oc2ccc3c(c2C(=O)O)O[B-](O)(O)CC3)C1. The predicted octanol–water partition coefficient (Wildman–Crippen LogP) is -4.28. The third kappa shape index (κ3) is 5.58. The number of benzene rings is 1. The number of ether oxygens (including phenoxy) is 1. The molecule has 15 heteroatoms. The van der Waals surface area contributed by atoms with E-state index in [9.17, 15) is 34.3 Å². The van der Waals surface area contributed by atoms with Crippen LogP contribution in [-0.2, 0) is 20.8 Å². The van der Waals surface area contributed by atoms with E-state index in [1.54, 1.807) is 6.07 Å². The van der Waals surface area contributed by atoms with E-state index in [1.165, 1.54) is 11.0 Å². The van der Waals surface area contributed by atoms with Crippen LogP contribution in [0, 0.1) is 0 Å². The van der Waals surface area contributed by atoms with Crippen molar-refractivity contribution in [2.24, 2.45) is 11.5 Å². The maximum Gasteiger partial charge on any atom is 0.430 e. The number of aromatic carboxylic acids is 1. The average Bonchev–Trinajstić information content (AvgIpc) is 2.67. The molecule has 11 N–H and O–H groups in total. The molecule has 14 nitrogen and oxygen atoms in total. The van der Waals surface area contributed by atoms with Crippen LogP contribution in [-0.4, -0.2) is 81.9 Å². The first-order valence-corrected chi connectivity index (χ1v) is 10.2. The van der Waals surface area contributed by atoms with Gasteiger partial charge in [-0.05, 0) is 18.1 Å². The van der Waals surface area contributed by atoms with Crippen molar-refractivity contribution in [3.8, 4) is 11.5 Å². The van der Waals surface area contributed by atoms with E-state index >= 15 is 0 Å². The lowest BCUT2D eigenvalue weighted by molar-refractivity contribution is -0.306. The zero-order chi connectivity index (χ0) is 24.5. The number of amides is 3. The number of carboxylic acids is 1. The van der Waals surface area contributed by atoms with Crippen molar-refractivity contribution in [1.29, 1.82) is 0 Å². The second-order valence-corrected chi connectivity index (χ2v) is 8.07. The van der Waals surface area contributed by atoms with E-state index in [0.717, 1.165) is 0 Å². The Bertz CT molecular complexity index is 982. The summed E-state index contributed by atoms with van der Waals surface area (Å²) in [7, 11) is 0. The van der Waals surface area contributed by atoms with Gasteiger partial charge in [0.15, 0.2) is 6.17 Å². The maximum absolute atomic E-state index is 12.4. The van der Waals surface area contributed by atoms with E-state index in [0.29, 0.717) is 5.56 Å². The fraction of sp³-hybridized carbons (Fsp3) is 0.444. The molecule has 3 amide bonds. The summed E-state index contributed by atoms with van der Waals surface area (Å²) >= 11 is 0. The Balaban J connectivity index is 1.60. The molecule has 0 bridgehead atoms. The van der Waals surface area contributed by atoms with Crippen LogP contribution in [0.4, 0.5) is 0 Å². The van der Waals surface area contributed by atoms with Crippen molar-refractivity contribution in [2.45, 2.75) is 37.5 Å². The third-order valence-electron chi connectivity index (χ3n) is 5.31. The standard InChI is InChI=1S/C18H25BN5O9/c20-10(5-12(21)25)16(26)23-15(22)17(27)24-6-9(7-24)32-11-2-1-8-3-4-19(30,31)33-14(8)13(11)18(28)29/h1-2,9-10,15,30-31H,3-7,20,22H2,(H2,21,25)(H,23,26)(H,28,29)/q-1/p+1/t10-,15+/m1/s1. The van der Waals surface area contributed by atoms with Gasteiger partial charge >= 0.3 is 18.6 Å². The number of aryl methyl sites for hydroxylation is 1. The van der Waals surface area contributed by atoms with Crippen LogP contribution in [0.5, 0.6) is 11.5 Å². The number of quaternary nitrogens is 1. The summed E-state index contributed by atoms with van der Waals surface area (Å²) in [6.45, 7) is -3.03. The monoisotopic (exact) mass is 467 g/mol. The van der Waals surface area contributed by atoms with Crippen LogP contribution < -0.4 is 31.9 Å². The highest BCUT2D eigenvalue weighted by molar-refractivity contribution is 6.59. The van der Waals surface area contributed by atoms with Gasteiger partial charge in [-0.3, -0.25) is 15.3 Å². The lowest BCUT2D eigenvalue weighted by Crippen LogP contribution is -2.65. The summed E-state index contributed by atoms with van der Waals surface area (Å²) in [5.74, 6) is -3.50. The van der Waals surface area contributed by atoms with Crippen molar-refractivity contribution < 1.29 is 49.5 Å². The number of hydrogen-bond donors (Lipinski definition) is 7. The van der Waals surface area contributed by atoms with Gasteiger partial charge in [-0.25, -0.2) is 9.59 Å². The summed E-state index contributed by atoms with van der Waals surface area (Å²) in [6, 6.07) is 1.84. The number of nitrogens with zero attached hydrogens (tertiary/aromatic N) is 1. The second-order valence-electron chi connectivity index (χ2n) is 8.07. The van der Waals surface area contributed by atoms with Gasteiger partial charge in [0.25, 0.3) is 5.91 Å². The molecule has 2 aliphatic rings. The first-order chi connectivity index (χ1) is 15.4. The zero-order valence-electron chi connectivity index (χ0n) is 17.6. The molecular formula is C18H26BN5O9. The largest absolute Gasteiger partial charge is 0.669 e. The van der Waals surface area contributed by atoms with Crippen LogP contribution in [0.2, 0.25) is 6.32 Å². The molecule has 1 aromatic rings. The lowest BCUT2D eigenvalue weighted by Gasteiger charge is -2.41. The van der Waals surface area contributed by atoms with E-state index in [2.05, 4.69) is 11.1 Å².